The summed E-state index contributed by atoms with van der Waals surface area (Å²) in [5, 5.41) is 3.14. The molecule has 3 rings (SSSR count). The highest BCUT2D eigenvalue weighted by Crippen LogP contribution is 2.32. The van der Waals surface area contributed by atoms with Crippen LogP contribution in [0.15, 0.2) is 18.2 Å². The number of hydrogen-bond donors (Lipinski definition) is 2. The molecule has 5 heteroatoms. The minimum absolute atomic E-state index is 0.0840. The maximum absolute atomic E-state index is 12.5. The van der Waals surface area contributed by atoms with Crippen LogP contribution in [0.2, 0.25) is 0 Å². The van der Waals surface area contributed by atoms with Crippen LogP contribution in [0.4, 0.5) is 0 Å². The molecule has 0 aromatic heterocycles. The molecule has 0 saturated heterocycles. The third kappa shape index (κ3) is 2.97. The molecule has 1 aromatic carbocycles. The molecule has 0 unspecified atom stereocenters. The Hall–Kier alpha value is -1.75. The standard InChI is InChI=1S/C16H22N2O3/c17-11-16(6-2-1-3-7-16)18-15(19)12-4-5-13-14(10-12)21-9-8-20-13/h4-5,10H,1-3,6-9,11,17H2,(H,18,19). The summed E-state index contributed by atoms with van der Waals surface area (Å²) in [6.07, 6.45) is 5.39. The van der Waals surface area contributed by atoms with Crippen molar-refractivity contribution in [2.45, 2.75) is 37.6 Å². The van der Waals surface area contributed by atoms with Gasteiger partial charge in [0.25, 0.3) is 5.91 Å². The number of fused-ring (bicyclic) bond motifs is 1. The van der Waals surface area contributed by atoms with E-state index < -0.39 is 0 Å². The monoisotopic (exact) mass is 290 g/mol. The minimum Gasteiger partial charge on any atom is -0.486 e. The SMILES string of the molecule is NCC1(NC(=O)c2ccc3c(c2)OCCO3)CCCCC1. The van der Waals surface area contributed by atoms with E-state index in [1.165, 1.54) is 6.42 Å². The van der Waals surface area contributed by atoms with Gasteiger partial charge in [0.2, 0.25) is 0 Å². The van der Waals surface area contributed by atoms with E-state index in [1.54, 1.807) is 18.2 Å². The van der Waals surface area contributed by atoms with E-state index in [9.17, 15) is 4.79 Å². The predicted octanol–water partition coefficient (Wildman–Crippen LogP) is 1.85. The highest BCUT2D eigenvalue weighted by atomic mass is 16.6. The summed E-state index contributed by atoms with van der Waals surface area (Å²) in [4.78, 5) is 12.5. The second-order valence-electron chi connectivity index (χ2n) is 5.86. The van der Waals surface area contributed by atoms with Gasteiger partial charge < -0.3 is 20.5 Å². The van der Waals surface area contributed by atoms with Gasteiger partial charge in [0.15, 0.2) is 11.5 Å². The predicted molar refractivity (Wildman–Crippen MR) is 79.8 cm³/mol. The molecule has 1 aromatic rings. The summed E-state index contributed by atoms with van der Waals surface area (Å²) < 4.78 is 11.0. The molecule has 0 spiro atoms. The smallest absolute Gasteiger partial charge is 0.251 e. The van der Waals surface area contributed by atoms with E-state index >= 15 is 0 Å². The van der Waals surface area contributed by atoms with E-state index in [0.29, 0.717) is 36.8 Å². The van der Waals surface area contributed by atoms with Crippen LogP contribution in [-0.4, -0.2) is 31.2 Å². The molecule has 1 saturated carbocycles. The first kappa shape index (κ1) is 14.2. The largest absolute Gasteiger partial charge is 0.486 e. The summed E-state index contributed by atoms with van der Waals surface area (Å²) >= 11 is 0. The molecule has 1 heterocycles. The van der Waals surface area contributed by atoms with Gasteiger partial charge in [-0.05, 0) is 31.0 Å². The number of hydrogen-bond acceptors (Lipinski definition) is 4. The summed E-state index contributed by atoms with van der Waals surface area (Å²) in [6.45, 7) is 1.56. The molecule has 1 amide bonds. The van der Waals surface area contributed by atoms with Gasteiger partial charge in [-0.1, -0.05) is 19.3 Å². The Morgan fingerprint density at radius 1 is 1.14 bits per heavy atom. The lowest BCUT2D eigenvalue weighted by Crippen LogP contribution is -2.54. The van der Waals surface area contributed by atoms with Crippen LogP contribution in [0.25, 0.3) is 0 Å². The van der Waals surface area contributed by atoms with Gasteiger partial charge in [-0.2, -0.15) is 0 Å². The Kier molecular flexibility index (Phi) is 4.01. The third-order valence-electron chi connectivity index (χ3n) is 4.38. The molecule has 0 atom stereocenters. The Balaban J connectivity index is 1.75. The topological polar surface area (TPSA) is 73.6 Å². The Morgan fingerprint density at radius 3 is 2.57 bits per heavy atom. The van der Waals surface area contributed by atoms with Gasteiger partial charge in [-0.3, -0.25) is 4.79 Å². The number of nitrogens with two attached hydrogens (primary N) is 1. The Bertz CT molecular complexity index is 524. The maximum Gasteiger partial charge on any atom is 0.251 e. The molecule has 1 aliphatic carbocycles. The second kappa shape index (κ2) is 5.93. The van der Waals surface area contributed by atoms with Gasteiger partial charge in [-0.25, -0.2) is 0 Å². The zero-order chi connectivity index (χ0) is 14.7. The summed E-state index contributed by atoms with van der Waals surface area (Å²) in [5.74, 6) is 1.25. The highest BCUT2D eigenvalue weighted by molar-refractivity contribution is 5.95. The second-order valence-corrected chi connectivity index (χ2v) is 5.86. The lowest BCUT2D eigenvalue weighted by Gasteiger charge is -2.37. The molecule has 0 radical (unpaired) electrons. The molecule has 1 aliphatic heterocycles. The average molecular weight is 290 g/mol. The van der Waals surface area contributed by atoms with E-state index in [2.05, 4.69) is 5.32 Å². The van der Waals surface area contributed by atoms with Crippen molar-refractivity contribution in [1.82, 2.24) is 5.32 Å². The zero-order valence-electron chi connectivity index (χ0n) is 12.2. The van der Waals surface area contributed by atoms with Crippen molar-refractivity contribution in [1.29, 1.82) is 0 Å². The fraction of sp³-hybridized carbons (Fsp3) is 0.562. The first-order chi connectivity index (χ1) is 10.2. The fourth-order valence-electron chi connectivity index (χ4n) is 3.11. The third-order valence-corrected chi connectivity index (χ3v) is 4.38. The minimum atomic E-state index is -0.247. The van der Waals surface area contributed by atoms with Crippen LogP contribution in [0.1, 0.15) is 42.5 Å². The van der Waals surface area contributed by atoms with Crippen molar-refractivity contribution >= 4 is 5.91 Å². The van der Waals surface area contributed by atoms with Crippen LogP contribution in [0, 0.1) is 0 Å². The van der Waals surface area contributed by atoms with Crippen molar-refractivity contribution in [2.75, 3.05) is 19.8 Å². The summed E-state index contributed by atoms with van der Waals surface area (Å²) in [6, 6.07) is 5.31. The molecule has 3 N–H and O–H groups in total. The number of carbonyl (C=O) groups is 1. The van der Waals surface area contributed by atoms with Crippen LogP contribution < -0.4 is 20.5 Å². The number of ether oxygens (including phenoxy) is 2. The Labute approximate surface area is 124 Å². The van der Waals surface area contributed by atoms with Crippen molar-refractivity contribution < 1.29 is 14.3 Å². The average Bonchev–Trinajstić information content (AvgIpc) is 2.55. The van der Waals surface area contributed by atoms with Gasteiger partial charge in [-0.15, -0.1) is 0 Å². The molecule has 21 heavy (non-hydrogen) atoms. The number of amides is 1. The lowest BCUT2D eigenvalue weighted by atomic mass is 9.81. The quantitative estimate of drug-likeness (QED) is 0.891. The van der Waals surface area contributed by atoms with Gasteiger partial charge in [0, 0.05) is 12.1 Å². The van der Waals surface area contributed by atoms with Crippen molar-refractivity contribution in [3.63, 3.8) is 0 Å². The van der Waals surface area contributed by atoms with Crippen LogP contribution >= 0.6 is 0 Å². The molecule has 2 aliphatic rings. The molecule has 114 valence electrons. The van der Waals surface area contributed by atoms with E-state index in [4.69, 9.17) is 15.2 Å². The summed E-state index contributed by atoms with van der Waals surface area (Å²) in [5.41, 5.74) is 6.26. The number of benzene rings is 1. The van der Waals surface area contributed by atoms with E-state index in [0.717, 1.165) is 25.7 Å². The van der Waals surface area contributed by atoms with E-state index in [-0.39, 0.29) is 11.4 Å². The first-order valence-corrected chi connectivity index (χ1v) is 7.65. The lowest BCUT2D eigenvalue weighted by molar-refractivity contribution is 0.0873. The number of carbonyl (C=O) groups excluding carboxylic acids is 1. The zero-order valence-corrected chi connectivity index (χ0v) is 12.2. The maximum atomic E-state index is 12.5. The number of rotatable bonds is 3. The van der Waals surface area contributed by atoms with Crippen molar-refractivity contribution in [3.8, 4) is 11.5 Å². The van der Waals surface area contributed by atoms with Gasteiger partial charge >= 0.3 is 0 Å². The van der Waals surface area contributed by atoms with Crippen LogP contribution in [0.5, 0.6) is 11.5 Å². The van der Waals surface area contributed by atoms with Crippen LogP contribution in [-0.2, 0) is 0 Å². The van der Waals surface area contributed by atoms with Gasteiger partial charge in [0.1, 0.15) is 13.2 Å². The van der Waals surface area contributed by atoms with E-state index in [1.807, 2.05) is 0 Å². The normalized spacial score (nSPS) is 19.9. The number of nitrogens with one attached hydrogen (secondary N) is 1. The molecule has 0 bridgehead atoms. The summed E-state index contributed by atoms with van der Waals surface area (Å²) in [7, 11) is 0. The highest BCUT2D eigenvalue weighted by Gasteiger charge is 2.32. The first-order valence-electron chi connectivity index (χ1n) is 7.65. The van der Waals surface area contributed by atoms with Crippen molar-refractivity contribution in [2.24, 2.45) is 5.73 Å². The van der Waals surface area contributed by atoms with Crippen molar-refractivity contribution in [3.05, 3.63) is 23.8 Å². The molecule has 5 nitrogen and oxygen atoms in total. The molecular formula is C16H22N2O3. The van der Waals surface area contributed by atoms with Crippen LogP contribution in [0.3, 0.4) is 0 Å². The molecule has 1 fully saturated rings. The molecular weight excluding hydrogens is 268 g/mol. The van der Waals surface area contributed by atoms with Gasteiger partial charge in [0.05, 0.1) is 5.54 Å². The fourth-order valence-corrected chi connectivity index (χ4v) is 3.11. The Morgan fingerprint density at radius 2 is 1.86 bits per heavy atom.